The summed E-state index contributed by atoms with van der Waals surface area (Å²) in [5, 5.41) is 0. The molecule has 3 heteroatoms. The Bertz CT molecular complexity index is 378. The highest BCUT2D eigenvalue weighted by Gasteiger charge is 2.23. The SMILES string of the molecule is Cc1cc(N2CCC(C)CC2C)ncc1Br. The second-order valence-corrected chi connectivity index (χ2v) is 5.82. The quantitative estimate of drug-likeness (QED) is 0.779. The molecule has 1 fully saturated rings. The summed E-state index contributed by atoms with van der Waals surface area (Å²) >= 11 is 3.50. The summed E-state index contributed by atoms with van der Waals surface area (Å²) < 4.78 is 1.09. The van der Waals surface area contributed by atoms with Crippen molar-refractivity contribution in [1.29, 1.82) is 0 Å². The van der Waals surface area contributed by atoms with Crippen LogP contribution in [0.2, 0.25) is 0 Å². The normalized spacial score (nSPS) is 25.9. The van der Waals surface area contributed by atoms with E-state index in [-0.39, 0.29) is 0 Å². The zero-order valence-corrected chi connectivity index (χ0v) is 11.8. The van der Waals surface area contributed by atoms with Crippen LogP contribution in [0.15, 0.2) is 16.7 Å². The third-order valence-corrected chi connectivity index (χ3v) is 4.30. The number of rotatable bonds is 1. The smallest absolute Gasteiger partial charge is 0.129 e. The first-order chi connectivity index (χ1) is 7.58. The van der Waals surface area contributed by atoms with Crippen molar-refractivity contribution in [1.82, 2.24) is 4.98 Å². The van der Waals surface area contributed by atoms with Crippen LogP contribution in [0.5, 0.6) is 0 Å². The Labute approximate surface area is 106 Å². The van der Waals surface area contributed by atoms with E-state index in [1.165, 1.54) is 18.4 Å². The van der Waals surface area contributed by atoms with Crippen LogP contribution in [0.25, 0.3) is 0 Å². The molecule has 2 nitrogen and oxygen atoms in total. The maximum Gasteiger partial charge on any atom is 0.129 e. The second-order valence-electron chi connectivity index (χ2n) is 4.96. The van der Waals surface area contributed by atoms with Crippen molar-refractivity contribution >= 4 is 21.7 Å². The van der Waals surface area contributed by atoms with Crippen LogP contribution < -0.4 is 4.90 Å². The summed E-state index contributed by atoms with van der Waals surface area (Å²) in [6.45, 7) is 7.89. The molecule has 0 aliphatic carbocycles. The topological polar surface area (TPSA) is 16.1 Å². The average molecular weight is 283 g/mol. The fraction of sp³-hybridized carbons (Fsp3) is 0.615. The number of nitrogens with zero attached hydrogens (tertiary/aromatic N) is 2. The average Bonchev–Trinajstić information content (AvgIpc) is 2.22. The molecule has 2 rings (SSSR count). The van der Waals surface area contributed by atoms with E-state index < -0.39 is 0 Å². The van der Waals surface area contributed by atoms with Crippen molar-refractivity contribution < 1.29 is 0 Å². The minimum atomic E-state index is 0.608. The molecule has 0 radical (unpaired) electrons. The molecular formula is C13H19BrN2. The van der Waals surface area contributed by atoms with Crippen LogP contribution in [0.3, 0.4) is 0 Å². The Hall–Kier alpha value is -0.570. The molecule has 0 N–H and O–H groups in total. The fourth-order valence-corrected chi connectivity index (χ4v) is 2.65. The van der Waals surface area contributed by atoms with Crippen LogP contribution in [0.4, 0.5) is 5.82 Å². The van der Waals surface area contributed by atoms with Crippen molar-refractivity contribution in [3.63, 3.8) is 0 Å². The number of hydrogen-bond acceptors (Lipinski definition) is 2. The standard InChI is InChI=1S/C13H19BrN2/c1-9-4-5-16(11(3)6-9)13-7-10(2)12(14)8-15-13/h7-9,11H,4-6H2,1-3H3. The zero-order chi connectivity index (χ0) is 11.7. The fourth-order valence-electron chi connectivity index (χ4n) is 2.43. The van der Waals surface area contributed by atoms with Gasteiger partial charge < -0.3 is 4.90 Å². The molecule has 2 heterocycles. The largest absolute Gasteiger partial charge is 0.354 e. The lowest BCUT2D eigenvalue weighted by Gasteiger charge is -2.37. The van der Waals surface area contributed by atoms with E-state index in [2.05, 4.69) is 52.7 Å². The van der Waals surface area contributed by atoms with Gasteiger partial charge in [-0.05, 0) is 60.2 Å². The third kappa shape index (κ3) is 2.40. The van der Waals surface area contributed by atoms with E-state index >= 15 is 0 Å². The van der Waals surface area contributed by atoms with Gasteiger partial charge in [-0.1, -0.05) is 6.92 Å². The van der Waals surface area contributed by atoms with E-state index in [0.717, 1.165) is 22.8 Å². The molecule has 0 spiro atoms. The van der Waals surface area contributed by atoms with E-state index in [1.807, 2.05) is 6.20 Å². The maximum atomic E-state index is 4.52. The molecule has 1 aromatic rings. The molecule has 1 aromatic heterocycles. The van der Waals surface area contributed by atoms with Crippen LogP contribution in [-0.4, -0.2) is 17.6 Å². The summed E-state index contributed by atoms with van der Waals surface area (Å²) in [7, 11) is 0. The Morgan fingerprint density at radius 3 is 2.81 bits per heavy atom. The van der Waals surface area contributed by atoms with Crippen LogP contribution in [0, 0.1) is 12.8 Å². The summed E-state index contributed by atoms with van der Waals surface area (Å²) in [6.07, 6.45) is 4.47. The summed E-state index contributed by atoms with van der Waals surface area (Å²) in [5.41, 5.74) is 1.26. The van der Waals surface area contributed by atoms with Crippen molar-refractivity contribution in [3.05, 3.63) is 22.3 Å². The van der Waals surface area contributed by atoms with Gasteiger partial charge >= 0.3 is 0 Å². The maximum absolute atomic E-state index is 4.52. The number of aryl methyl sites for hydroxylation is 1. The molecular weight excluding hydrogens is 264 g/mol. The number of pyridine rings is 1. The van der Waals surface area contributed by atoms with Crippen molar-refractivity contribution in [3.8, 4) is 0 Å². The Kier molecular flexibility index (Phi) is 3.53. The summed E-state index contributed by atoms with van der Waals surface area (Å²) in [6, 6.07) is 2.79. The van der Waals surface area contributed by atoms with E-state index in [4.69, 9.17) is 0 Å². The summed E-state index contributed by atoms with van der Waals surface area (Å²) in [4.78, 5) is 6.95. The van der Waals surface area contributed by atoms with Gasteiger partial charge in [0.2, 0.25) is 0 Å². The second kappa shape index (κ2) is 4.74. The number of anilines is 1. The van der Waals surface area contributed by atoms with Crippen molar-refractivity contribution in [2.24, 2.45) is 5.92 Å². The molecule has 88 valence electrons. The number of halogens is 1. The monoisotopic (exact) mass is 282 g/mol. The minimum Gasteiger partial charge on any atom is -0.354 e. The first kappa shape index (κ1) is 11.9. The molecule has 1 aliphatic heterocycles. The van der Waals surface area contributed by atoms with Gasteiger partial charge in [0, 0.05) is 23.3 Å². The van der Waals surface area contributed by atoms with Gasteiger partial charge in [0.05, 0.1) is 0 Å². The molecule has 1 aliphatic rings. The molecule has 2 unspecified atom stereocenters. The molecule has 1 saturated heterocycles. The zero-order valence-electron chi connectivity index (χ0n) is 10.2. The predicted octanol–water partition coefficient (Wildman–Crippen LogP) is 3.78. The Morgan fingerprint density at radius 1 is 1.44 bits per heavy atom. The molecule has 16 heavy (non-hydrogen) atoms. The van der Waals surface area contributed by atoms with Gasteiger partial charge in [0.1, 0.15) is 5.82 Å². The Morgan fingerprint density at radius 2 is 2.19 bits per heavy atom. The lowest BCUT2D eigenvalue weighted by atomic mass is 9.93. The number of aromatic nitrogens is 1. The van der Waals surface area contributed by atoms with E-state index in [1.54, 1.807) is 0 Å². The van der Waals surface area contributed by atoms with Crippen LogP contribution in [-0.2, 0) is 0 Å². The van der Waals surface area contributed by atoms with E-state index in [9.17, 15) is 0 Å². The van der Waals surface area contributed by atoms with Gasteiger partial charge in [0.15, 0.2) is 0 Å². The highest BCUT2D eigenvalue weighted by molar-refractivity contribution is 9.10. The van der Waals surface area contributed by atoms with Crippen molar-refractivity contribution in [2.75, 3.05) is 11.4 Å². The Balaban J connectivity index is 2.20. The molecule has 0 amide bonds. The van der Waals surface area contributed by atoms with Crippen LogP contribution in [0.1, 0.15) is 32.3 Å². The van der Waals surface area contributed by atoms with Crippen molar-refractivity contribution in [2.45, 2.75) is 39.7 Å². The number of piperidine rings is 1. The van der Waals surface area contributed by atoms with Gasteiger partial charge in [-0.25, -0.2) is 4.98 Å². The van der Waals surface area contributed by atoms with Gasteiger partial charge in [0.25, 0.3) is 0 Å². The first-order valence-electron chi connectivity index (χ1n) is 5.96. The van der Waals surface area contributed by atoms with Gasteiger partial charge in [-0.15, -0.1) is 0 Å². The molecule has 0 aromatic carbocycles. The number of hydrogen-bond donors (Lipinski definition) is 0. The molecule has 2 atom stereocenters. The van der Waals surface area contributed by atoms with Crippen LogP contribution >= 0.6 is 15.9 Å². The van der Waals surface area contributed by atoms with Gasteiger partial charge in [-0.3, -0.25) is 0 Å². The predicted molar refractivity (Wildman–Crippen MR) is 71.9 cm³/mol. The summed E-state index contributed by atoms with van der Waals surface area (Å²) in [5.74, 6) is 1.97. The lowest BCUT2D eigenvalue weighted by molar-refractivity contribution is 0.376. The van der Waals surface area contributed by atoms with E-state index in [0.29, 0.717) is 6.04 Å². The molecule has 0 bridgehead atoms. The third-order valence-electron chi connectivity index (χ3n) is 3.47. The highest BCUT2D eigenvalue weighted by atomic mass is 79.9. The highest BCUT2D eigenvalue weighted by Crippen LogP contribution is 2.28. The lowest BCUT2D eigenvalue weighted by Crippen LogP contribution is -2.40. The first-order valence-corrected chi connectivity index (χ1v) is 6.76. The van der Waals surface area contributed by atoms with Gasteiger partial charge in [-0.2, -0.15) is 0 Å². The molecule has 0 saturated carbocycles. The minimum absolute atomic E-state index is 0.608.